The predicted molar refractivity (Wildman–Crippen MR) is 76.4 cm³/mol. The molecule has 0 aliphatic rings. The van der Waals surface area contributed by atoms with E-state index in [1.54, 1.807) is 0 Å². The van der Waals surface area contributed by atoms with E-state index in [2.05, 4.69) is 15.3 Å². The molecular weight excluding hydrogens is 264 g/mol. The van der Waals surface area contributed by atoms with Crippen molar-refractivity contribution < 1.29 is 4.74 Å². The smallest absolute Gasteiger partial charge is 0.242 e. The number of halogens is 1. The summed E-state index contributed by atoms with van der Waals surface area (Å²) in [6, 6.07) is 7.58. The molecule has 1 aromatic heterocycles. The number of rotatable bonds is 5. The molecule has 0 radical (unpaired) electrons. The summed E-state index contributed by atoms with van der Waals surface area (Å²) in [6.45, 7) is 2.96. The predicted octanol–water partition coefficient (Wildman–Crippen LogP) is 2.72. The summed E-state index contributed by atoms with van der Waals surface area (Å²) < 4.78 is 5.31. The van der Waals surface area contributed by atoms with Gasteiger partial charge in [-0.15, -0.1) is 0 Å². The minimum atomic E-state index is 0.395. The number of benzene rings is 1. The molecule has 19 heavy (non-hydrogen) atoms. The van der Waals surface area contributed by atoms with Crippen molar-refractivity contribution in [1.82, 2.24) is 9.97 Å². The third-order valence-electron chi connectivity index (χ3n) is 2.48. The average Bonchev–Trinajstić information content (AvgIpc) is 2.40. The number of nitrogens with zero attached hydrogens (tertiary/aromatic N) is 2. The molecule has 3 N–H and O–H groups in total. The van der Waals surface area contributed by atoms with E-state index in [9.17, 15) is 0 Å². The summed E-state index contributed by atoms with van der Waals surface area (Å²) in [5.74, 6) is 0.949. The van der Waals surface area contributed by atoms with Gasteiger partial charge in [0.25, 0.3) is 0 Å². The van der Waals surface area contributed by atoms with Crippen molar-refractivity contribution in [3.8, 4) is 5.88 Å². The van der Waals surface area contributed by atoms with Crippen LogP contribution in [0.2, 0.25) is 5.02 Å². The van der Waals surface area contributed by atoms with E-state index in [1.807, 2.05) is 31.2 Å². The lowest BCUT2D eigenvalue weighted by atomic mass is 10.2. The van der Waals surface area contributed by atoms with E-state index in [0.29, 0.717) is 35.6 Å². The Balaban J connectivity index is 2.09. The number of nitrogen functional groups attached to an aromatic ring is 1. The first-order valence-corrected chi connectivity index (χ1v) is 6.30. The number of nitrogens with one attached hydrogen (secondary N) is 1. The van der Waals surface area contributed by atoms with Gasteiger partial charge < -0.3 is 15.8 Å². The molecule has 0 saturated heterocycles. The van der Waals surface area contributed by atoms with Gasteiger partial charge in [-0.1, -0.05) is 23.7 Å². The van der Waals surface area contributed by atoms with Crippen LogP contribution < -0.4 is 15.8 Å². The lowest BCUT2D eigenvalue weighted by molar-refractivity contribution is 0.328. The number of aromatic nitrogens is 2. The summed E-state index contributed by atoms with van der Waals surface area (Å²) in [6.07, 6.45) is 1.42. The van der Waals surface area contributed by atoms with E-state index in [4.69, 9.17) is 22.1 Å². The molecule has 0 spiro atoms. The maximum absolute atomic E-state index is 5.93. The molecule has 0 aliphatic heterocycles. The molecule has 0 aliphatic carbocycles. The fourth-order valence-electron chi connectivity index (χ4n) is 1.60. The SMILES string of the molecule is CCOc1ncnc(NCc2cccc(Cl)c2)c1N. The van der Waals surface area contributed by atoms with Crippen LogP contribution in [0.25, 0.3) is 0 Å². The van der Waals surface area contributed by atoms with Crippen LogP contribution in [0, 0.1) is 0 Å². The number of hydrogen-bond acceptors (Lipinski definition) is 5. The van der Waals surface area contributed by atoms with Crippen LogP contribution >= 0.6 is 11.6 Å². The normalized spacial score (nSPS) is 10.2. The molecule has 0 saturated carbocycles. The Bertz CT molecular complexity index is 562. The van der Waals surface area contributed by atoms with Crippen molar-refractivity contribution in [2.75, 3.05) is 17.7 Å². The summed E-state index contributed by atoms with van der Waals surface area (Å²) >= 11 is 5.93. The Hall–Kier alpha value is -2.01. The van der Waals surface area contributed by atoms with Crippen molar-refractivity contribution in [2.24, 2.45) is 0 Å². The van der Waals surface area contributed by atoms with Gasteiger partial charge in [0, 0.05) is 11.6 Å². The number of hydrogen-bond donors (Lipinski definition) is 2. The molecule has 0 fully saturated rings. The molecule has 2 aromatic rings. The third kappa shape index (κ3) is 3.48. The molecule has 0 atom stereocenters. The highest BCUT2D eigenvalue weighted by molar-refractivity contribution is 6.30. The van der Waals surface area contributed by atoms with Crippen molar-refractivity contribution in [2.45, 2.75) is 13.5 Å². The second kappa shape index (κ2) is 6.24. The summed E-state index contributed by atoms with van der Waals surface area (Å²) in [4.78, 5) is 8.08. The second-order valence-electron chi connectivity index (χ2n) is 3.86. The molecule has 6 heteroatoms. The third-order valence-corrected chi connectivity index (χ3v) is 2.71. The maximum Gasteiger partial charge on any atom is 0.242 e. The highest BCUT2D eigenvalue weighted by Gasteiger charge is 2.08. The fraction of sp³-hybridized carbons (Fsp3) is 0.231. The van der Waals surface area contributed by atoms with Gasteiger partial charge in [-0.25, -0.2) is 4.98 Å². The number of anilines is 2. The first-order chi connectivity index (χ1) is 9.20. The van der Waals surface area contributed by atoms with E-state index in [1.165, 1.54) is 6.33 Å². The van der Waals surface area contributed by atoms with Crippen LogP contribution in [0.4, 0.5) is 11.5 Å². The standard InChI is InChI=1S/C13H15ClN4O/c1-2-19-13-11(15)12(17-8-18-13)16-7-9-4-3-5-10(14)6-9/h3-6,8H,2,7,15H2,1H3,(H,16,17,18). The van der Waals surface area contributed by atoms with Crippen LogP contribution in [-0.2, 0) is 6.54 Å². The van der Waals surface area contributed by atoms with E-state index in [-0.39, 0.29) is 0 Å². The first-order valence-electron chi connectivity index (χ1n) is 5.92. The van der Waals surface area contributed by atoms with E-state index < -0.39 is 0 Å². The molecule has 0 unspecified atom stereocenters. The van der Waals surface area contributed by atoms with E-state index in [0.717, 1.165) is 5.56 Å². The largest absolute Gasteiger partial charge is 0.476 e. The highest BCUT2D eigenvalue weighted by Crippen LogP contribution is 2.25. The van der Waals surface area contributed by atoms with Crippen molar-refractivity contribution in [1.29, 1.82) is 0 Å². The Labute approximate surface area is 116 Å². The lowest BCUT2D eigenvalue weighted by Crippen LogP contribution is -2.07. The quantitative estimate of drug-likeness (QED) is 0.880. The van der Waals surface area contributed by atoms with Crippen LogP contribution in [-0.4, -0.2) is 16.6 Å². The maximum atomic E-state index is 5.93. The molecule has 2 rings (SSSR count). The Morgan fingerprint density at radius 1 is 1.37 bits per heavy atom. The van der Waals surface area contributed by atoms with Crippen molar-refractivity contribution in [3.63, 3.8) is 0 Å². The van der Waals surface area contributed by atoms with Crippen LogP contribution in [0.3, 0.4) is 0 Å². The summed E-state index contributed by atoms with van der Waals surface area (Å²) in [5, 5.41) is 3.84. The van der Waals surface area contributed by atoms with Gasteiger partial charge in [-0.2, -0.15) is 4.98 Å². The number of ether oxygens (including phenoxy) is 1. The van der Waals surface area contributed by atoms with Gasteiger partial charge in [-0.3, -0.25) is 0 Å². The zero-order valence-corrected chi connectivity index (χ0v) is 11.3. The molecule has 0 bridgehead atoms. The van der Waals surface area contributed by atoms with Gasteiger partial charge in [0.1, 0.15) is 12.0 Å². The molecule has 1 aromatic carbocycles. The Morgan fingerprint density at radius 3 is 2.95 bits per heavy atom. The summed E-state index contributed by atoms with van der Waals surface area (Å²) in [5.41, 5.74) is 7.38. The fourth-order valence-corrected chi connectivity index (χ4v) is 1.82. The average molecular weight is 279 g/mol. The lowest BCUT2D eigenvalue weighted by Gasteiger charge is -2.11. The zero-order valence-electron chi connectivity index (χ0n) is 10.6. The van der Waals surface area contributed by atoms with Gasteiger partial charge in [0.2, 0.25) is 5.88 Å². The molecular formula is C13H15ClN4O. The summed E-state index contributed by atoms with van der Waals surface area (Å²) in [7, 11) is 0. The Kier molecular flexibility index (Phi) is 4.41. The Morgan fingerprint density at radius 2 is 2.21 bits per heavy atom. The number of nitrogens with two attached hydrogens (primary N) is 1. The van der Waals surface area contributed by atoms with Crippen molar-refractivity contribution >= 4 is 23.1 Å². The van der Waals surface area contributed by atoms with Crippen LogP contribution in [0.15, 0.2) is 30.6 Å². The minimum Gasteiger partial charge on any atom is -0.476 e. The van der Waals surface area contributed by atoms with Gasteiger partial charge in [-0.05, 0) is 24.6 Å². The zero-order chi connectivity index (χ0) is 13.7. The van der Waals surface area contributed by atoms with Gasteiger partial charge in [0.05, 0.1) is 6.61 Å². The van der Waals surface area contributed by atoms with Crippen molar-refractivity contribution in [3.05, 3.63) is 41.2 Å². The highest BCUT2D eigenvalue weighted by atomic mass is 35.5. The topological polar surface area (TPSA) is 73.1 Å². The first kappa shape index (κ1) is 13.4. The van der Waals surface area contributed by atoms with E-state index >= 15 is 0 Å². The van der Waals surface area contributed by atoms with Crippen LogP contribution in [0.5, 0.6) is 5.88 Å². The molecule has 100 valence electrons. The van der Waals surface area contributed by atoms with Crippen LogP contribution in [0.1, 0.15) is 12.5 Å². The monoisotopic (exact) mass is 278 g/mol. The van der Waals surface area contributed by atoms with Gasteiger partial charge >= 0.3 is 0 Å². The molecule has 1 heterocycles. The molecule has 5 nitrogen and oxygen atoms in total. The second-order valence-corrected chi connectivity index (χ2v) is 4.29. The molecule has 0 amide bonds. The van der Waals surface area contributed by atoms with Gasteiger partial charge in [0.15, 0.2) is 5.82 Å². The minimum absolute atomic E-state index is 0.395.